The van der Waals surface area contributed by atoms with Crippen LogP contribution in [0.3, 0.4) is 0 Å². The molecule has 4 saturated carbocycles. The summed E-state index contributed by atoms with van der Waals surface area (Å²) in [4.78, 5) is 7.52. The molecule has 2 aromatic rings. The van der Waals surface area contributed by atoms with E-state index in [9.17, 15) is 5.11 Å². The molecule has 2 heterocycles. The van der Waals surface area contributed by atoms with Crippen molar-refractivity contribution < 1.29 is 10.3 Å². The van der Waals surface area contributed by atoms with Crippen molar-refractivity contribution in [1.29, 1.82) is 0 Å². The number of aromatic amines is 1. The molecule has 6 rings (SSSR count). The maximum Gasteiger partial charge on any atom is 0.139 e. The largest absolute Gasteiger partial charge is 0.411 e. The molecule has 0 radical (unpaired) electrons. The van der Waals surface area contributed by atoms with E-state index in [0.717, 1.165) is 41.5 Å². The Balaban J connectivity index is 1.53. The van der Waals surface area contributed by atoms with Gasteiger partial charge in [-0.25, -0.2) is 4.98 Å². The third-order valence-corrected chi connectivity index (χ3v) is 6.36. The normalized spacial score (nSPS) is 37.5. The summed E-state index contributed by atoms with van der Waals surface area (Å²) in [5, 5.41) is 27.7. The molecule has 0 saturated heterocycles. The molecule has 2 unspecified atom stereocenters. The van der Waals surface area contributed by atoms with Crippen LogP contribution in [0.15, 0.2) is 23.6 Å². The number of H-pyrrole nitrogens is 1. The van der Waals surface area contributed by atoms with Gasteiger partial charge in [-0.2, -0.15) is 0 Å². The van der Waals surface area contributed by atoms with Gasteiger partial charge in [0.15, 0.2) is 0 Å². The zero-order valence-electron chi connectivity index (χ0n) is 13.4. The minimum atomic E-state index is -0.425. The minimum Gasteiger partial charge on any atom is -0.411 e. The van der Waals surface area contributed by atoms with Gasteiger partial charge in [-0.15, -0.1) is 0 Å². The Morgan fingerprint density at radius 3 is 2.79 bits per heavy atom. The number of oxime groups is 1. The SMILES string of the molecule is ON=Cc1cnc2[nH]ccc2c1N[C@H]1C2CC3CC1C[C@@](O)(C3)C2. The average molecular weight is 326 g/mol. The van der Waals surface area contributed by atoms with Crippen LogP contribution in [-0.4, -0.2) is 38.1 Å². The van der Waals surface area contributed by atoms with Crippen molar-refractivity contribution in [3.8, 4) is 0 Å². The first-order valence-corrected chi connectivity index (χ1v) is 8.78. The van der Waals surface area contributed by atoms with E-state index in [0.29, 0.717) is 23.8 Å². The summed E-state index contributed by atoms with van der Waals surface area (Å²) in [7, 11) is 0. The molecule has 126 valence electrons. The summed E-state index contributed by atoms with van der Waals surface area (Å²) in [5.41, 5.74) is 2.17. The van der Waals surface area contributed by atoms with Crippen LogP contribution in [0.4, 0.5) is 5.69 Å². The lowest BCUT2D eigenvalue weighted by atomic mass is 9.52. The summed E-state index contributed by atoms with van der Waals surface area (Å²) >= 11 is 0. The number of rotatable bonds is 3. The lowest BCUT2D eigenvalue weighted by molar-refractivity contribution is -0.129. The number of fused-ring (bicyclic) bond motifs is 1. The van der Waals surface area contributed by atoms with Crippen molar-refractivity contribution in [2.75, 3.05) is 5.32 Å². The molecule has 6 nitrogen and oxygen atoms in total. The summed E-state index contributed by atoms with van der Waals surface area (Å²) in [6.07, 6.45) is 10.3. The maximum atomic E-state index is 10.8. The van der Waals surface area contributed by atoms with Crippen molar-refractivity contribution in [3.05, 3.63) is 24.0 Å². The Morgan fingerprint density at radius 1 is 1.29 bits per heavy atom. The molecule has 4 aliphatic carbocycles. The van der Waals surface area contributed by atoms with E-state index < -0.39 is 5.60 Å². The van der Waals surface area contributed by atoms with Crippen molar-refractivity contribution in [3.63, 3.8) is 0 Å². The maximum absolute atomic E-state index is 10.8. The van der Waals surface area contributed by atoms with Crippen LogP contribution in [0.5, 0.6) is 0 Å². The molecule has 0 amide bonds. The van der Waals surface area contributed by atoms with Gasteiger partial charge in [0.05, 0.1) is 17.5 Å². The third-order valence-electron chi connectivity index (χ3n) is 6.36. The Hall–Kier alpha value is -2.08. The summed E-state index contributed by atoms with van der Waals surface area (Å²) < 4.78 is 0. The van der Waals surface area contributed by atoms with E-state index >= 15 is 0 Å². The Bertz CT molecular complexity index is 798. The second kappa shape index (κ2) is 4.96. The zero-order valence-corrected chi connectivity index (χ0v) is 13.4. The second-order valence-electron chi connectivity index (χ2n) is 7.94. The highest BCUT2D eigenvalue weighted by Crippen LogP contribution is 2.56. The van der Waals surface area contributed by atoms with Gasteiger partial charge in [-0.05, 0) is 55.9 Å². The topological polar surface area (TPSA) is 93.5 Å². The van der Waals surface area contributed by atoms with Crippen LogP contribution in [-0.2, 0) is 0 Å². The standard InChI is InChI=1S/C18H22N4O2/c23-18-5-10-3-11(6-18)15(12(4-10)7-18)22-16-13(9-21-24)8-20-17-14(16)1-2-19-17/h1-2,8-12,15,23-24H,3-7H2,(H2,19,20,22)/t10?,11?,12?,15-,18+. The number of nitrogens with one attached hydrogen (secondary N) is 2. The lowest BCUT2D eigenvalue weighted by Gasteiger charge is -2.58. The van der Waals surface area contributed by atoms with Gasteiger partial charge in [0.1, 0.15) is 5.65 Å². The van der Waals surface area contributed by atoms with E-state index in [1.165, 1.54) is 19.1 Å². The number of aliphatic hydroxyl groups is 1. The number of anilines is 1. The summed E-state index contributed by atoms with van der Waals surface area (Å²) in [6.45, 7) is 0. The second-order valence-corrected chi connectivity index (χ2v) is 7.94. The first-order valence-electron chi connectivity index (χ1n) is 8.78. The van der Waals surface area contributed by atoms with Crippen molar-refractivity contribution in [2.24, 2.45) is 22.9 Å². The van der Waals surface area contributed by atoms with Crippen molar-refractivity contribution >= 4 is 22.9 Å². The summed E-state index contributed by atoms with van der Waals surface area (Å²) in [5.74, 6) is 1.72. The highest BCUT2D eigenvalue weighted by Gasteiger charge is 2.54. The smallest absolute Gasteiger partial charge is 0.139 e. The first-order chi connectivity index (χ1) is 11.6. The molecule has 0 aromatic carbocycles. The van der Waals surface area contributed by atoms with Crippen LogP contribution in [0.25, 0.3) is 11.0 Å². The number of aromatic nitrogens is 2. The van der Waals surface area contributed by atoms with Crippen LogP contribution in [0.2, 0.25) is 0 Å². The number of nitrogens with zero attached hydrogens (tertiary/aromatic N) is 2. The molecule has 4 fully saturated rings. The van der Waals surface area contributed by atoms with Crippen LogP contribution >= 0.6 is 0 Å². The molecule has 0 spiro atoms. The number of pyridine rings is 1. The molecule has 0 aliphatic heterocycles. The average Bonchev–Trinajstić information content (AvgIpc) is 2.99. The van der Waals surface area contributed by atoms with Crippen LogP contribution in [0.1, 0.15) is 37.7 Å². The van der Waals surface area contributed by atoms with Gasteiger partial charge in [-0.3, -0.25) is 0 Å². The predicted molar refractivity (Wildman–Crippen MR) is 91.4 cm³/mol. The number of hydrogen-bond donors (Lipinski definition) is 4. The van der Waals surface area contributed by atoms with Gasteiger partial charge in [0.2, 0.25) is 0 Å². The molecule has 4 bridgehead atoms. The number of hydrogen-bond acceptors (Lipinski definition) is 5. The van der Waals surface area contributed by atoms with Crippen LogP contribution < -0.4 is 5.32 Å². The molecule has 24 heavy (non-hydrogen) atoms. The highest BCUT2D eigenvalue weighted by molar-refractivity contribution is 6.00. The van der Waals surface area contributed by atoms with Gasteiger partial charge in [0, 0.05) is 29.4 Å². The van der Waals surface area contributed by atoms with Gasteiger partial charge < -0.3 is 20.6 Å². The molecule has 4 aliphatic rings. The fraction of sp³-hybridized carbons (Fsp3) is 0.556. The highest BCUT2D eigenvalue weighted by atomic mass is 16.4. The van der Waals surface area contributed by atoms with Crippen molar-refractivity contribution in [2.45, 2.75) is 43.7 Å². The monoisotopic (exact) mass is 326 g/mol. The third kappa shape index (κ3) is 2.05. The zero-order chi connectivity index (χ0) is 16.3. The van der Waals surface area contributed by atoms with E-state index in [1.54, 1.807) is 6.20 Å². The molecule has 2 aromatic heterocycles. The van der Waals surface area contributed by atoms with Gasteiger partial charge >= 0.3 is 0 Å². The Morgan fingerprint density at radius 2 is 2.08 bits per heavy atom. The van der Waals surface area contributed by atoms with E-state index in [2.05, 4.69) is 20.4 Å². The minimum absolute atomic E-state index is 0.369. The summed E-state index contributed by atoms with van der Waals surface area (Å²) in [6, 6.07) is 2.37. The van der Waals surface area contributed by atoms with Crippen molar-refractivity contribution in [1.82, 2.24) is 9.97 Å². The first kappa shape index (κ1) is 14.3. The quantitative estimate of drug-likeness (QED) is 0.396. The Kier molecular flexibility index (Phi) is 2.95. The fourth-order valence-electron chi connectivity index (χ4n) is 5.73. The molecular weight excluding hydrogens is 304 g/mol. The van der Waals surface area contributed by atoms with Gasteiger partial charge in [-0.1, -0.05) is 5.16 Å². The van der Waals surface area contributed by atoms with Crippen LogP contribution in [0, 0.1) is 17.8 Å². The van der Waals surface area contributed by atoms with E-state index in [4.69, 9.17) is 5.21 Å². The van der Waals surface area contributed by atoms with E-state index in [-0.39, 0.29) is 0 Å². The molecular formula is C18H22N4O2. The lowest BCUT2D eigenvalue weighted by Crippen LogP contribution is -2.59. The van der Waals surface area contributed by atoms with Gasteiger partial charge in [0.25, 0.3) is 0 Å². The predicted octanol–water partition coefficient (Wildman–Crippen LogP) is 2.72. The van der Waals surface area contributed by atoms with E-state index in [1.807, 2.05) is 12.3 Å². The molecule has 2 atom stereocenters. The molecule has 4 N–H and O–H groups in total. The Labute approximate surface area is 140 Å². The fourth-order valence-corrected chi connectivity index (χ4v) is 5.73. The molecule has 6 heteroatoms.